The van der Waals surface area contributed by atoms with E-state index in [0.717, 1.165) is 16.9 Å². The smallest absolute Gasteiger partial charge is 0.251 e. The highest BCUT2D eigenvalue weighted by Gasteiger charge is 2.26. The number of carbonyl (C=O) groups excluding carboxylic acids is 1. The van der Waals surface area contributed by atoms with Crippen LogP contribution in [0.5, 0.6) is 5.75 Å². The molecule has 1 heterocycles. The van der Waals surface area contributed by atoms with Crippen molar-refractivity contribution in [3.63, 3.8) is 0 Å². The number of nitrogens with zero attached hydrogens (tertiary/aromatic N) is 1. The summed E-state index contributed by atoms with van der Waals surface area (Å²) in [5.41, 5.74) is 4.30. The maximum Gasteiger partial charge on any atom is 0.251 e. The Labute approximate surface area is 160 Å². The van der Waals surface area contributed by atoms with Gasteiger partial charge in [-0.05, 0) is 55.7 Å². The summed E-state index contributed by atoms with van der Waals surface area (Å²) in [5, 5.41) is 2.84. The molecule has 144 valence electrons. The van der Waals surface area contributed by atoms with Crippen molar-refractivity contribution in [3.05, 3.63) is 58.7 Å². The monoisotopic (exact) mass is 388 g/mol. The summed E-state index contributed by atoms with van der Waals surface area (Å²) in [4.78, 5) is 12.3. The average molecular weight is 388 g/mol. The van der Waals surface area contributed by atoms with Crippen molar-refractivity contribution in [2.24, 2.45) is 0 Å². The summed E-state index contributed by atoms with van der Waals surface area (Å²) in [5.74, 6) is 0.619. The van der Waals surface area contributed by atoms with Crippen molar-refractivity contribution >= 4 is 21.6 Å². The van der Waals surface area contributed by atoms with Crippen LogP contribution >= 0.6 is 0 Å². The fourth-order valence-electron chi connectivity index (χ4n) is 3.25. The van der Waals surface area contributed by atoms with Crippen LogP contribution in [0.4, 0.5) is 5.69 Å². The summed E-state index contributed by atoms with van der Waals surface area (Å²) >= 11 is 0. The molecule has 0 aliphatic carbocycles. The number of hydrogen-bond acceptors (Lipinski definition) is 4. The number of hydrogen-bond donors (Lipinski definition) is 1. The van der Waals surface area contributed by atoms with E-state index < -0.39 is 10.0 Å². The lowest BCUT2D eigenvalue weighted by molar-refractivity contribution is 0.0947. The quantitative estimate of drug-likeness (QED) is 0.771. The van der Waals surface area contributed by atoms with Crippen molar-refractivity contribution in [2.75, 3.05) is 30.3 Å². The Balaban J connectivity index is 1.56. The fraction of sp³-hybridized carbons (Fsp3) is 0.350. The molecule has 0 fully saturated rings. The average Bonchev–Trinajstić information content (AvgIpc) is 3.03. The summed E-state index contributed by atoms with van der Waals surface area (Å²) in [6.45, 7) is 5.21. The zero-order valence-corrected chi connectivity index (χ0v) is 16.6. The molecule has 6 nitrogen and oxygen atoms in total. The number of nitrogens with one attached hydrogen (secondary N) is 1. The molecule has 0 atom stereocenters. The van der Waals surface area contributed by atoms with E-state index in [-0.39, 0.29) is 5.91 Å². The number of rotatable bonds is 6. The topological polar surface area (TPSA) is 75.7 Å². The number of aryl methyl sites for hydroxylation is 2. The molecular weight excluding hydrogens is 364 g/mol. The first-order valence-corrected chi connectivity index (χ1v) is 10.7. The van der Waals surface area contributed by atoms with Crippen LogP contribution in [-0.2, 0) is 16.4 Å². The first kappa shape index (κ1) is 19.2. The highest BCUT2D eigenvalue weighted by atomic mass is 32.2. The number of fused-ring (bicyclic) bond motifs is 1. The molecule has 0 saturated carbocycles. The zero-order chi connectivity index (χ0) is 19.6. The van der Waals surface area contributed by atoms with Gasteiger partial charge in [0.15, 0.2) is 0 Å². The molecule has 1 amide bonds. The van der Waals surface area contributed by atoms with Crippen LogP contribution in [0.15, 0.2) is 36.4 Å². The lowest BCUT2D eigenvalue weighted by Gasteiger charge is -2.16. The number of ether oxygens (including phenoxy) is 1. The largest absolute Gasteiger partial charge is 0.491 e. The fourth-order valence-corrected chi connectivity index (χ4v) is 4.20. The van der Waals surface area contributed by atoms with Crippen LogP contribution in [0.25, 0.3) is 0 Å². The van der Waals surface area contributed by atoms with Crippen LogP contribution in [0, 0.1) is 13.8 Å². The highest BCUT2D eigenvalue weighted by molar-refractivity contribution is 7.92. The normalized spacial score (nSPS) is 13.4. The summed E-state index contributed by atoms with van der Waals surface area (Å²) < 4.78 is 30.7. The van der Waals surface area contributed by atoms with Crippen LogP contribution in [-0.4, -0.2) is 40.3 Å². The van der Waals surface area contributed by atoms with E-state index in [4.69, 9.17) is 4.74 Å². The molecule has 2 aromatic rings. The number of benzene rings is 2. The predicted molar refractivity (Wildman–Crippen MR) is 106 cm³/mol. The minimum atomic E-state index is -3.28. The molecule has 2 aromatic carbocycles. The van der Waals surface area contributed by atoms with Gasteiger partial charge in [-0.3, -0.25) is 9.10 Å². The van der Waals surface area contributed by atoms with Crippen LogP contribution in [0.1, 0.15) is 27.0 Å². The maximum atomic E-state index is 12.3. The summed E-state index contributed by atoms with van der Waals surface area (Å²) in [6, 6.07) is 11.1. The van der Waals surface area contributed by atoms with E-state index in [2.05, 4.69) is 11.4 Å². The van der Waals surface area contributed by atoms with E-state index in [1.807, 2.05) is 26.0 Å². The van der Waals surface area contributed by atoms with E-state index >= 15 is 0 Å². The van der Waals surface area contributed by atoms with E-state index in [0.29, 0.717) is 37.4 Å². The van der Waals surface area contributed by atoms with Gasteiger partial charge in [0.1, 0.15) is 12.4 Å². The lowest BCUT2D eigenvalue weighted by atomic mass is 10.1. The molecular formula is C20H24N2O4S. The van der Waals surface area contributed by atoms with Gasteiger partial charge < -0.3 is 10.1 Å². The lowest BCUT2D eigenvalue weighted by Crippen LogP contribution is -2.28. The third-order valence-electron chi connectivity index (χ3n) is 4.57. The van der Waals surface area contributed by atoms with E-state index in [1.165, 1.54) is 16.1 Å². The first-order valence-electron chi connectivity index (χ1n) is 8.84. The summed E-state index contributed by atoms with van der Waals surface area (Å²) in [6.07, 6.45) is 1.80. The van der Waals surface area contributed by atoms with Gasteiger partial charge in [0.25, 0.3) is 5.91 Å². The Morgan fingerprint density at radius 3 is 2.67 bits per heavy atom. The third-order valence-corrected chi connectivity index (χ3v) is 5.75. The molecule has 0 radical (unpaired) electrons. The molecule has 27 heavy (non-hydrogen) atoms. The van der Waals surface area contributed by atoms with Crippen LogP contribution in [0.3, 0.4) is 0 Å². The Hall–Kier alpha value is -2.54. The second kappa shape index (κ2) is 7.60. The molecule has 0 bridgehead atoms. The second-order valence-corrected chi connectivity index (χ2v) is 8.71. The zero-order valence-electron chi connectivity index (χ0n) is 15.8. The van der Waals surface area contributed by atoms with Crippen molar-refractivity contribution in [1.29, 1.82) is 0 Å². The van der Waals surface area contributed by atoms with Gasteiger partial charge in [0.2, 0.25) is 10.0 Å². The van der Waals surface area contributed by atoms with Crippen molar-refractivity contribution in [2.45, 2.75) is 20.3 Å². The van der Waals surface area contributed by atoms with E-state index in [1.54, 1.807) is 18.2 Å². The van der Waals surface area contributed by atoms with Gasteiger partial charge >= 0.3 is 0 Å². The standard InChI is InChI=1S/C20H24N2O4S/c1-14-4-7-19(15(2)12-14)26-11-9-21-20(23)17-5-6-18-16(13-17)8-10-22(18)27(3,24)25/h4-7,12-13H,8-11H2,1-3H3,(H,21,23). The van der Waals surface area contributed by atoms with Gasteiger partial charge in [-0.1, -0.05) is 17.7 Å². The molecule has 0 spiro atoms. The minimum absolute atomic E-state index is 0.195. The molecule has 1 aliphatic heterocycles. The number of sulfonamides is 1. The SMILES string of the molecule is Cc1ccc(OCCNC(=O)c2ccc3c(c2)CCN3S(C)(=O)=O)c(C)c1. The minimum Gasteiger partial charge on any atom is -0.491 e. The van der Waals surface area contributed by atoms with Crippen LogP contribution < -0.4 is 14.4 Å². The van der Waals surface area contributed by atoms with Crippen LogP contribution in [0.2, 0.25) is 0 Å². The number of anilines is 1. The Morgan fingerprint density at radius 1 is 1.19 bits per heavy atom. The van der Waals surface area contributed by atoms with Gasteiger partial charge in [0.05, 0.1) is 18.5 Å². The third kappa shape index (κ3) is 4.42. The molecule has 7 heteroatoms. The summed E-state index contributed by atoms with van der Waals surface area (Å²) in [7, 11) is -3.28. The van der Waals surface area contributed by atoms with Gasteiger partial charge in [0, 0.05) is 12.1 Å². The van der Waals surface area contributed by atoms with E-state index in [9.17, 15) is 13.2 Å². The molecule has 0 unspecified atom stereocenters. The molecule has 1 N–H and O–H groups in total. The maximum absolute atomic E-state index is 12.3. The Morgan fingerprint density at radius 2 is 1.96 bits per heavy atom. The van der Waals surface area contributed by atoms with Crippen molar-refractivity contribution in [1.82, 2.24) is 5.32 Å². The van der Waals surface area contributed by atoms with Gasteiger partial charge in [-0.2, -0.15) is 0 Å². The predicted octanol–water partition coefficient (Wildman–Crippen LogP) is 2.43. The molecule has 1 aliphatic rings. The number of carbonyl (C=O) groups is 1. The molecule has 0 saturated heterocycles. The van der Waals surface area contributed by atoms with Crippen molar-refractivity contribution in [3.8, 4) is 5.75 Å². The van der Waals surface area contributed by atoms with Gasteiger partial charge in [-0.25, -0.2) is 8.42 Å². The molecule has 3 rings (SSSR count). The second-order valence-electron chi connectivity index (χ2n) is 6.80. The molecule has 0 aromatic heterocycles. The van der Waals surface area contributed by atoms with Crippen molar-refractivity contribution < 1.29 is 17.9 Å². The Bertz CT molecular complexity index is 970. The Kier molecular flexibility index (Phi) is 5.41. The highest BCUT2D eigenvalue weighted by Crippen LogP contribution is 2.30. The first-order chi connectivity index (χ1) is 12.8. The number of amides is 1. The van der Waals surface area contributed by atoms with Gasteiger partial charge in [-0.15, -0.1) is 0 Å².